The maximum atomic E-state index is 14.5. The van der Waals surface area contributed by atoms with Crippen LogP contribution in [0.1, 0.15) is 22.3 Å². The second-order valence-corrected chi connectivity index (χ2v) is 12.2. The van der Waals surface area contributed by atoms with Gasteiger partial charge in [-0.2, -0.15) is 44.8 Å². The Morgan fingerprint density at radius 1 is 0.423 bits per heavy atom. The van der Waals surface area contributed by atoms with Crippen LogP contribution in [0.3, 0.4) is 0 Å². The van der Waals surface area contributed by atoms with Crippen molar-refractivity contribution in [1.29, 1.82) is 5.26 Å². The highest BCUT2D eigenvalue weighted by Crippen LogP contribution is 2.45. The van der Waals surface area contributed by atoms with Crippen LogP contribution >= 0.6 is 0 Å². The summed E-state index contributed by atoms with van der Waals surface area (Å²) in [6.07, 6.45) is -14.2. The molecule has 0 atom stereocenters. The zero-order valence-electron chi connectivity index (χ0n) is 26.3. The minimum Gasteiger partial charge on any atom is -0.309 e. The first-order valence-electron chi connectivity index (χ1n) is 15.6. The van der Waals surface area contributed by atoms with E-state index in [1.54, 1.807) is 63.7 Å². The molecule has 0 radical (unpaired) electrons. The molecule has 2 aromatic heterocycles. The number of hydrogen-bond acceptors (Lipinski definition) is 1. The van der Waals surface area contributed by atoms with Crippen molar-refractivity contribution in [2.45, 2.75) is 18.5 Å². The Kier molecular flexibility index (Phi) is 7.22. The van der Waals surface area contributed by atoms with Gasteiger partial charge in [-0.3, -0.25) is 0 Å². The molecule has 0 amide bonds. The number of aromatic nitrogens is 2. The molecular weight excluding hydrogens is 693 g/mol. The maximum Gasteiger partial charge on any atom is 0.416 e. The van der Waals surface area contributed by atoms with Crippen molar-refractivity contribution < 1.29 is 39.5 Å². The third-order valence-corrected chi connectivity index (χ3v) is 9.24. The lowest BCUT2D eigenvalue weighted by Crippen LogP contribution is -2.09. The molecule has 8 rings (SSSR count). The van der Waals surface area contributed by atoms with Crippen LogP contribution in [0, 0.1) is 11.3 Å². The highest BCUT2D eigenvalue weighted by atomic mass is 19.4. The zero-order chi connectivity index (χ0) is 36.7. The predicted molar refractivity (Wildman–Crippen MR) is 180 cm³/mol. The van der Waals surface area contributed by atoms with Crippen molar-refractivity contribution in [3.05, 3.63) is 144 Å². The van der Waals surface area contributed by atoms with Crippen LogP contribution in [0.5, 0.6) is 0 Å². The molecule has 3 nitrogen and oxygen atoms in total. The predicted octanol–water partition coefficient (Wildman–Crippen LogP) is 12.5. The van der Waals surface area contributed by atoms with E-state index < -0.39 is 35.2 Å². The maximum absolute atomic E-state index is 14.5. The third-order valence-electron chi connectivity index (χ3n) is 9.24. The van der Waals surface area contributed by atoms with E-state index >= 15 is 0 Å². The monoisotopic (exact) mass is 713 g/mol. The van der Waals surface area contributed by atoms with Gasteiger partial charge in [0.2, 0.25) is 0 Å². The lowest BCUT2D eigenvalue weighted by molar-refractivity contribution is -0.138. The molecular formula is C40H20F9N3. The van der Waals surface area contributed by atoms with E-state index in [0.29, 0.717) is 27.3 Å². The molecule has 0 spiro atoms. The second-order valence-electron chi connectivity index (χ2n) is 12.2. The Bertz CT molecular complexity index is 2770. The van der Waals surface area contributed by atoms with E-state index in [1.807, 2.05) is 0 Å². The van der Waals surface area contributed by atoms with Gasteiger partial charge in [-0.25, -0.2) is 0 Å². The molecule has 0 bridgehead atoms. The van der Waals surface area contributed by atoms with Gasteiger partial charge in [-0.05, 0) is 78.9 Å². The number of benzene rings is 6. The van der Waals surface area contributed by atoms with Gasteiger partial charge in [0.15, 0.2) is 0 Å². The Morgan fingerprint density at radius 3 is 1.37 bits per heavy atom. The van der Waals surface area contributed by atoms with E-state index in [0.717, 1.165) is 36.4 Å². The van der Waals surface area contributed by atoms with Gasteiger partial charge in [0.05, 0.1) is 61.8 Å². The van der Waals surface area contributed by atoms with Crippen molar-refractivity contribution in [2.75, 3.05) is 0 Å². The fourth-order valence-corrected chi connectivity index (χ4v) is 7.03. The number of nitriles is 1. The van der Waals surface area contributed by atoms with Gasteiger partial charge in [-0.1, -0.05) is 42.5 Å². The Balaban J connectivity index is 1.51. The van der Waals surface area contributed by atoms with Crippen molar-refractivity contribution in [2.24, 2.45) is 0 Å². The number of nitrogens with zero attached hydrogens (tertiary/aromatic N) is 3. The highest BCUT2D eigenvalue weighted by molar-refractivity contribution is 6.12. The van der Waals surface area contributed by atoms with Crippen LogP contribution in [0.4, 0.5) is 39.5 Å². The van der Waals surface area contributed by atoms with Crippen molar-refractivity contribution in [3.8, 4) is 28.6 Å². The molecule has 0 N–H and O–H groups in total. The van der Waals surface area contributed by atoms with Gasteiger partial charge in [0.25, 0.3) is 0 Å². The third kappa shape index (κ3) is 5.15. The fraction of sp³-hybridized carbons (Fsp3) is 0.0750. The summed E-state index contributed by atoms with van der Waals surface area (Å²) < 4.78 is 130. The molecule has 0 fully saturated rings. The quantitative estimate of drug-likeness (QED) is 0.168. The first-order chi connectivity index (χ1) is 24.7. The number of fused-ring (bicyclic) bond motifs is 6. The molecule has 6 aromatic carbocycles. The second kappa shape index (κ2) is 11.4. The number of halogens is 9. The van der Waals surface area contributed by atoms with Crippen LogP contribution < -0.4 is 0 Å². The highest BCUT2D eigenvalue weighted by Gasteiger charge is 2.35. The average molecular weight is 714 g/mol. The average Bonchev–Trinajstić information content (AvgIpc) is 3.62. The number of rotatable bonds is 3. The summed E-state index contributed by atoms with van der Waals surface area (Å²) in [6, 6.07) is 29.0. The van der Waals surface area contributed by atoms with E-state index in [-0.39, 0.29) is 44.4 Å². The molecule has 258 valence electrons. The topological polar surface area (TPSA) is 33.6 Å². The molecule has 0 aliphatic carbocycles. The summed E-state index contributed by atoms with van der Waals surface area (Å²) in [7, 11) is 0. The lowest BCUT2D eigenvalue weighted by atomic mass is 9.94. The van der Waals surface area contributed by atoms with Crippen LogP contribution in [-0.4, -0.2) is 9.13 Å². The summed E-state index contributed by atoms with van der Waals surface area (Å²) in [5, 5.41) is 11.7. The van der Waals surface area contributed by atoms with E-state index in [2.05, 4.69) is 6.07 Å². The van der Waals surface area contributed by atoms with E-state index in [1.165, 1.54) is 30.3 Å². The zero-order valence-corrected chi connectivity index (χ0v) is 26.3. The van der Waals surface area contributed by atoms with Gasteiger partial charge in [0, 0.05) is 32.7 Å². The van der Waals surface area contributed by atoms with Gasteiger partial charge in [-0.15, -0.1) is 0 Å². The molecule has 0 unspecified atom stereocenters. The molecule has 0 saturated carbocycles. The standard InChI is InChI=1S/C40H20F9N3/c41-38(42,43)23-12-15-33-28(18-23)26-7-1-3-9-31(26)51(33)35-17-14-25(40(47,48)49)20-30(35)37-22(21-50)6-5-11-36(37)52-32-10-4-2-8-27(32)29-19-24(39(44,45)46)13-16-34(29)52/h1-20H. The Morgan fingerprint density at radius 2 is 0.865 bits per heavy atom. The van der Waals surface area contributed by atoms with Crippen LogP contribution in [-0.2, 0) is 18.5 Å². The summed E-state index contributed by atoms with van der Waals surface area (Å²) in [6.45, 7) is 0. The normalized spacial score (nSPS) is 12.7. The minimum atomic E-state index is -4.84. The first kappa shape index (κ1) is 33.0. The molecule has 2 heterocycles. The summed E-state index contributed by atoms with van der Waals surface area (Å²) in [5.74, 6) is 0. The van der Waals surface area contributed by atoms with Crippen LogP contribution in [0.2, 0.25) is 0 Å². The molecule has 0 aliphatic rings. The van der Waals surface area contributed by atoms with E-state index in [4.69, 9.17) is 0 Å². The number of hydrogen-bond donors (Lipinski definition) is 0. The molecule has 8 aromatic rings. The summed E-state index contributed by atoms with van der Waals surface area (Å²) >= 11 is 0. The number of para-hydroxylation sites is 2. The van der Waals surface area contributed by atoms with E-state index in [9.17, 15) is 44.8 Å². The van der Waals surface area contributed by atoms with Gasteiger partial charge < -0.3 is 9.13 Å². The minimum absolute atomic E-state index is 0.0338. The van der Waals surface area contributed by atoms with Crippen LogP contribution in [0.15, 0.2) is 121 Å². The molecule has 12 heteroatoms. The Hall–Kier alpha value is -6.22. The summed E-state index contributed by atoms with van der Waals surface area (Å²) in [4.78, 5) is 0. The van der Waals surface area contributed by atoms with Crippen molar-refractivity contribution >= 4 is 43.6 Å². The molecule has 0 saturated heterocycles. The number of alkyl halides is 9. The van der Waals surface area contributed by atoms with Crippen molar-refractivity contribution in [3.63, 3.8) is 0 Å². The molecule has 0 aliphatic heterocycles. The SMILES string of the molecule is N#Cc1cccc(-n2c3ccccc3c3cc(C(F)(F)F)ccc32)c1-c1cc(C(F)(F)F)ccc1-n1c2ccccc2c2cc(C(F)(F)F)ccc21. The fourth-order valence-electron chi connectivity index (χ4n) is 7.03. The Labute approximate surface area is 288 Å². The van der Waals surface area contributed by atoms with Gasteiger partial charge >= 0.3 is 18.5 Å². The lowest BCUT2D eigenvalue weighted by Gasteiger charge is -2.21. The first-order valence-corrected chi connectivity index (χ1v) is 15.6. The van der Waals surface area contributed by atoms with Gasteiger partial charge in [0.1, 0.15) is 0 Å². The smallest absolute Gasteiger partial charge is 0.309 e. The largest absolute Gasteiger partial charge is 0.416 e. The molecule has 52 heavy (non-hydrogen) atoms. The van der Waals surface area contributed by atoms with Crippen molar-refractivity contribution in [1.82, 2.24) is 9.13 Å². The summed E-state index contributed by atoms with van der Waals surface area (Å²) in [5.41, 5.74) is -1.23. The van der Waals surface area contributed by atoms with Crippen LogP contribution in [0.25, 0.3) is 66.1 Å².